The number of phosphoric ester groups is 3. The van der Waals surface area contributed by atoms with E-state index in [-0.39, 0.29) is 41.6 Å². The lowest BCUT2D eigenvalue weighted by molar-refractivity contribution is -0.137. The Bertz CT molecular complexity index is 1940. The molecule has 2 aromatic heterocycles. The van der Waals surface area contributed by atoms with Crippen molar-refractivity contribution in [3.8, 4) is 0 Å². The largest absolute Gasteiger partial charge is 0.481 e. The van der Waals surface area contributed by atoms with Crippen LogP contribution < -0.4 is 16.4 Å². The van der Waals surface area contributed by atoms with E-state index >= 15 is 0 Å². The molecule has 2 aromatic rings. The summed E-state index contributed by atoms with van der Waals surface area (Å²) in [6.45, 7) is 2.80. The number of fused-ring (bicyclic) bond motifs is 1. The Morgan fingerprint density at radius 1 is 0.891 bits per heavy atom. The summed E-state index contributed by atoms with van der Waals surface area (Å²) in [4.78, 5) is 88.2. The molecule has 1 fully saturated rings. The van der Waals surface area contributed by atoms with Crippen LogP contribution in [0.3, 0.4) is 0 Å². The molecule has 366 valence electrons. The average Bonchev–Trinajstić information content (AvgIpc) is 3.78. The molecule has 3 rings (SSSR count). The Labute approximate surface area is 376 Å². The van der Waals surface area contributed by atoms with E-state index in [4.69, 9.17) is 19.5 Å². The molecule has 28 heteroatoms. The number of amides is 2. The number of anilines is 1. The van der Waals surface area contributed by atoms with E-state index in [0.29, 0.717) is 12.2 Å². The molecule has 10 N–H and O–H groups in total. The zero-order valence-corrected chi connectivity index (χ0v) is 39.8. The maximum Gasteiger partial charge on any atom is 0.481 e. The first-order valence-electron chi connectivity index (χ1n) is 21.1. The summed E-state index contributed by atoms with van der Waals surface area (Å²) in [5, 5.41) is 26.6. The van der Waals surface area contributed by atoms with Gasteiger partial charge in [0, 0.05) is 37.1 Å². The molecule has 24 nitrogen and oxygen atoms in total. The van der Waals surface area contributed by atoms with Gasteiger partial charge in [-0.3, -0.25) is 32.5 Å². The zero-order valence-electron chi connectivity index (χ0n) is 36.3. The number of nitrogens with two attached hydrogens (primary N) is 1. The van der Waals surface area contributed by atoms with E-state index in [9.17, 15) is 57.9 Å². The van der Waals surface area contributed by atoms with E-state index in [1.165, 1.54) is 71.6 Å². The number of aliphatic hydroxyl groups excluding tert-OH is 2. The fourth-order valence-electron chi connectivity index (χ4n) is 6.48. The van der Waals surface area contributed by atoms with Gasteiger partial charge in [-0.05, 0) is 6.42 Å². The second kappa shape index (κ2) is 26.8. The van der Waals surface area contributed by atoms with Crippen LogP contribution in [0.5, 0.6) is 0 Å². The van der Waals surface area contributed by atoms with E-state index in [2.05, 4.69) is 41.3 Å². The number of aromatic nitrogens is 4. The molecular formula is C36H64N7O17P3S. The van der Waals surface area contributed by atoms with Crippen LogP contribution in [0.15, 0.2) is 12.7 Å². The highest BCUT2D eigenvalue weighted by molar-refractivity contribution is 8.13. The van der Waals surface area contributed by atoms with Crippen molar-refractivity contribution >= 4 is 69.1 Å². The summed E-state index contributed by atoms with van der Waals surface area (Å²) in [6, 6.07) is 0. The number of imidazole rings is 1. The van der Waals surface area contributed by atoms with Gasteiger partial charge in [-0.25, -0.2) is 28.6 Å². The van der Waals surface area contributed by atoms with E-state index in [1.807, 2.05) is 0 Å². The molecule has 1 aliphatic rings. The van der Waals surface area contributed by atoms with E-state index < -0.39 is 84.6 Å². The molecule has 0 bridgehead atoms. The van der Waals surface area contributed by atoms with Crippen LogP contribution in [-0.2, 0) is 50.7 Å². The molecule has 1 saturated heterocycles. The third-order valence-electron chi connectivity index (χ3n) is 10.00. The molecule has 3 unspecified atom stereocenters. The summed E-state index contributed by atoms with van der Waals surface area (Å²) in [7, 11) is -16.4. The maximum absolute atomic E-state index is 12.7. The molecule has 0 saturated carbocycles. The Morgan fingerprint density at radius 2 is 1.50 bits per heavy atom. The van der Waals surface area contributed by atoms with Crippen LogP contribution in [0.1, 0.15) is 117 Å². The third-order valence-corrected chi connectivity index (χ3v) is 14.0. The number of ether oxygens (including phenoxy) is 1. The third kappa shape index (κ3) is 19.8. The van der Waals surface area contributed by atoms with Gasteiger partial charge in [0.2, 0.25) is 11.8 Å². The molecule has 1 aliphatic heterocycles. The van der Waals surface area contributed by atoms with Crippen LogP contribution in [0.2, 0.25) is 0 Å². The number of hydrogen-bond donors (Lipinski definition) is 9. The second-order valence-electron chi connectivity index (χ2n) is 15.9. The average molecular weight is 992 g/mol. The quantitative estimate of drug-likeness (QED) is 0.0372. The number of thioether (sulfide) groups is 1. The SMILES string of the molecule is CCCCCCCCCCCCCCC(=O)SCCNC(=O)CCNC(=O)C(O)C(C)(C)COP(=O)(O)OP(=O)(O)OC[C@H]1O[C@@H](n2cnc3c(N)ncnc32)[C@H](O)[C@@H]1OP(=O)(O)O. The molecule has 0 aromatic carbocycles. The molecule has 0 spiro atoms. The Kier molecular flexibility index (Phi) is 23.4. The van der Waals surface area contributed by atoms with Crippen molar-refractivity contribution in [3.63, 3.8) is 0 Å². The minimum atomic E-state index is -5.57. The Morgan fingerprint density at radius 3 is 2.12 bits per heavy atom. The van der Waals surface area contributed by atoms with Crippen molar-refractivity contribution < 1.29 is 80.5 Å². The number of nitrogen functional groups attached to an aromatic ring is 1. The number of unbranched alkanes of at least 4 members (excludes halogenated alkanes) is 11. The number of nitrogens with one attached hydrogen (secondary N) is 2. The van der Waals surface area contributed by atoms with Gasteiger partial charge in [-0.15, -0.1) is 0 Å². The predicted molar refractivity (Wildman–Crippen MR) is 233 cm³/mol. The van der Waals surface area contributed by atoms with Gasteiger partial charge in [-0.2, -0.15) is 4.31 Å². The van der Waals surface area contributed by atoms with Gasteiger partial charge in [0.05, 0.1) is 19.5 Å². The number of carbonyl (C=O) groups is 3. The number of carbonyl (C=O) groups excluding carboxylic acids is 3. The van der Waals surface area contributed by atoms with E-state index in [1.54, 1.807) is 0 Å². The van der Waals surface area contributed by atoms with Gasteiger partial charge in [0.25, 0.3) is 0 Å². The molecule has 0 radical (unpaired) electrons. The van der Waals surface area contributed by atoms with Crippen LogP contribution in [0, 0.1) is 5.41 Å². The monoisotopic (exact) mass is 991 g/mol. The molecule has 0 aliphatic carbocycles. The molecule has 3 heterocycles. The number of aliphatic hydroxyl groups is 2. The zero-order chi connectivity index (χ0) is 47.6. The first-order valence-corrected chi connectivity index (χ1v) is 26.6. The highest BCUT2D eigenvalue weighted by Gasteiger charge is 2.50. The van der Waals surface area contributed by atoms with Gasteiger partial charge in [-0.1, -0.05) is 103 Å². The predicted octanol–water partition coefficient (Wildman–Crippen LogP) is 3.76. The first kappa shape index (κ1) is 55.9. The van der Waals surface area contributed by atoms with Gasteiger partial charge in [0.1, 0.15) is 36.3 Å². The summed E-state index contributed by atoms with van der Waals surface area (Å²) in [6.07, 6.45) is 8.13. The smallest absolute Gasteiger partial charge is 0.386 e. The van der Waals surface area contributed by atoms with Crippen LogP contribution in [0.4, 0.5) is 5.82 Å². The highest BCUT2D eigenvalue weighted by atomic mass is 32.2. The minimum Gasteiger partial charge on any atom is -0.386 e. The van der Waals surface area contributed by atoms with Crippen molar-refractivity contribution in [3.05, 3.63) is 12.7 Å². The van der Waals surface area contributed by atoms with Crippen LogP contribution in [-0.4, -0.2) is 123 Å². The van der Waals surface area contributed by atoms with Crippen molar-refractivity contribution in [2.45, 2.75) is 141 Å². The van der Waals surface area contributed by atoms with Crippen molar-refractivity contribution in [1.29, 1.82) is 0 Å². The summed E-state index contributed by atoms with van der Waals surface area (Å²) < 4.78 is 62.4. The number of rotatable bonds is 32. The Balaban J connectivity index is 1.34. The normalized spacial score (nSPS) is 20.5. The van der Waals surface area contributed by atoms with E-state index in [0.717, 1.165) is 48.2 Å². The fourth-order valence-corrected chi connectivity index (χ4v) is 10.0. The summed E-state index contributed by atoms with van der Waals surface area (Å²) in [5.74, 6) is -1.02. The number of nitrogens with zero attached hydrogens (tertiary/aromatic N) is 4. The lowest BCUT2D eigenvalue weighted by Gasteiger charge is -2.30. The van der Waals surface area contributed by atoms with Gasteiger partial charge >= 0.3 is 23.5 Å². The van der Waals surface area contributed by atoms with Crippen LogP contribution >= 0.6 is 35.2 Å². The lowest BCUT2D eigenvalue weighted by Crippen LogP contribution is -2.46. The maximum atomic E-state index is 12.7. The minimum absolute atomic E-state index is 0.0336. The van der Waals surface area contributed by atoms with Crippen molar-refractivity contribution in [2.24, 2.45) is 5.41 Å². The second-order valence-corrected chi connectivity index (χ2v) is 21.3. The molecular weight excluding hydrogens is 927 g/mol. The fraction of sp³-hybridized carbons (Fsp3) is 0.778. The summed E-state index contributed by atoms with van der Waals surface area (Å²) >= 11 is 1.15. The molecule has 2 amide bonds. The lowest BCUT2D eigenvalue weighted by atomic mass is 9.87. The van der Waals surface area contributed by atoms with Crippen molar-refractivity contribution in [1.82, 2.24) is 30.2 Å². The molecule has 7 atom stereocenters. The standard InChI is InChI=1S/C36H64N7O17P3S/c1-4-5-6-7-8-9-10-11-12-13-14-15-16-27(45)64-20-19-38-26(44)17-18-39-34(48)31(47)36(2,3)22-57-63(54,55)60-62(52,53)56-21-25-30(59-61(49,50)51)29(46)35(58-25)43-24-42-28-32(37)40-23-41-33(28)43/h23-25,29-31,35,46-47H,4-22H2,1-3H3,(H,38,44)(H,39,48)(H,52,53)(H,54,55)(H2,37,40,41)(H2,49,50,51)/t25-,29-,30-,31?,35-/m1/s1. The molecule has 64 heavy (non-hydrogen) atoms. The van der Waals surface area contributed by atoms with Gasteiger partial charge < -0.3 is 50.9 Å². The van der Waals surface area contributed by atoms with Crippen LogP contribution in [0.25, 0.3) is 11.2 Å². The summed E-state index contributed by atoms with van der Waals surface area (Å²) in [5.41, 5.74) is 4.29. The number of hydrogen-bond acceptors (Lipinski definition) is 18. The number of phosphoric acid groups is 3. The topological polar surface area (TPSA) is 364 Å². The Hall–Kier alpha value is -2.44. The van der Waals surface area contributed by atoms with Gasteiger partial charge in [0.15, 0.2) is 22.8 Å². The highest BCUT2D eigenvalue weighted by Crippen LogP contribution is 2.61. The van der Waals surface area contributed by atoms with Crippen molar-refractivity contribution in [2.75, 3.05) is 37.8 Å². The first-order chi connectivity index (χ1) is 30.1.